The average Bonchev–Trinajstić information content (AvgIpc) is 2.40. The summed E-state index contributed by atoms with van der Waals surface area (Å²) >= 11 is 11.8. The number of benzene rings is 2. The summed E-state index contributed by atoms with van der Waals surface area (Å²) < 4.78 is 12.7. The van der Waals surface area contributed by atoms with Crippen LogP contribution in [0.4, 0.5) is 4.39 Å². The Kier molecular flexibility index (Phi) is 4.99. The van der Waals surface area contributed by atoms with Gasteiger partial charge in [-0.1, -0.05) is 41.4 Å². The predicted molar refractivity (Wildman–Crippen MR) is 78.4 cm³/mol. The highest BCUT2D eigenvalue weighted by Gasteiger charge is 2.06. The molecule has 0 unspecified atom stereocenters. The Balaban J connectivity index is 1.90. The fraction of sp³-hybridized carbons (Fsp3) is 0.133. The van der Waals surface area contributed by atoms with Gasteiger partial charge >= 0.3 is 0 Å². The Labute approximate surface area is 126 Å². The second-order valence-electron chi connectivity index (χ2n) is 4.32. The number of carbonyl (C=O) groups is 1. The first-order chi connectivity index (χ1) is 9.54. The van der Waals surface area contributed by atoms with Crippen LogP contribution in [0, 0.1) is 5.82 Å². The van der Waals surface area contributed by atoms with Crippen LogP contribution >= 0.6 is 23.2 Å². The van der Waals surface area contributed by atoms with Crippen molar-refractivity contribution in [3.8, 4) is 0 Å². The maximum absolute atomic E-state index is 12.7. The predicted octanol–water partition coefficient (Wildman–Crippen LogP) is 3.99. The van der Waals surface area contributed by atoms with Gasteiger partial charge in [-0.05, 0) is 35.4 Å². The zero-order valence-corrected chi connectivity index (χ0v) is 12.0. The molecule has 1 amide bonds. The number of hydrogen-bond donors (Lipinski definition) is 1. The highest BCUT2D eigenvalue weighted by Crippen LogP contribution is 2.20. The first-order valence-electron chi connectivity index (χ1n) is 5.99. The zero-order chi connectivity index (χ0) is 14.5. The summed E-state index contributed by atoms with van der Waals surface area (Å²) in [6.45, 7) is 0.329. The lowest BCUT2D eigenvalue weighted by atomic mass is 10.1. The molecule has 20 heavy (non-hydrogen) atoms. The van der Waals surface area contributed by atoms with Crippen molar-refractivity contribution in [3.63, 3.8) is 0 Å². The molecule has 0 aliphatic rings. The van der Waals surface area contributed by atoms with Gasteiger partial charge in [0.25, 0.3) is 0 Å². The second-order valence-corrected chi connectivity index (χ2v) is 5.16. The van der Waals surface area contributed by atoms with Crippen molar-refractivity contribution < 1.29 is 9.18 Å². The molecule has 0 aromatic heterocycles. The van der Waals surface area contributed by atoms with Crippen LogP contribution in [0.15, 0.2) is 42.5 Å². The van der Waals surface area contributed by atoms with Gasteiger partial charge < -0.3 is 5.32 Å². The molecule has 0 aliphatic heterocycles. The zero-order valence-electron chi connectivity index (χ0n) is 10.5. The Hall–Kier alpha value is -1.58. The maximum atomic E-state index is 12.7. The van der Waals surface area contributed by atoms with Gasteiger partial charge in [-0.2, -0.15) is 0 Å². The van der Waals surface area contributed by atoms with E-state index in [1.54, 1.807) is 30.3 Å². The summed E-state index contributed by atoms with van der Waals surface area (Å²) in [5.41, 5.74) is 1.55. The normalized spacial score (nSPS) is 10.3. The van der Waals surface area contributed by atoms with E-state index < -0.39 is 0 Å². The van der Waals surface area contributed by atoms with Crippen molar-refractivity contribution >= 4 is 29.1 Å². The van der Waals surface area contributed by atoms with E-state index >= 15 is 0 Å². The standard InChI is InChI=1S/C15H12Cl2FNO/c16-12-4-3-11(14(17)8-12)9-19-15(20)7-10-1-5-13(18)6-2-10/h1-6,8H,7,9H2,(H,19,20). The molecule has 104 valence electrons. The van der Waals surface area contributed by atoms with Crippen molar-refractivity contribution in [2.45, 2.75) is 13.0 Å². The fourth-order valence-electron chi connectivity index (χ4n) is 1.71. The van der Waals surface area contributed by atoms with E-state index in [9.17, 15) is 9.18 Å². The van der Waals surface area contributed by atoms with Gasteiger partial charge in [0.2, 0.25) is 5.91 Å². The Morgan fingerprint density at radius 2 is 1.80 bits per heavy atom. The number of rotatable bonds is 4. The molecular formula is C15H12Cl2FNO. The molecule has 0 heterocycles. The Bertz CT molecular complexity index is 614. The third-order valence-corrected chi connectivity index (χ3v) is 3.36. The molecule has 5 heteroatoms. The summed E-state index contributed by atoms with van der Waals surface area (Å²) in [5.74, 6) is -0.468. The topological polar surface area (TPSA) is 29.1 Å². The number of halogens is 3. The van der Waals surface area contributed by atoms with E-state index in [2.05, 4.69) is 5.32 Å². The summed E-state index contributed by atoms with van der Waals surface area (Å²) in [5, 5.41) is 3.83. The summed E-state index contributed by atoms with van der Waals surface area (Å²) in [7, 11) is 0. The van der Waals surface area contributed by atoms with Crippen LogP contribution in [0.1, 0.15) is 11.1 Å². The lowest BCUT2D eigenvalue weighted by Crippen LogP contribution is -2.24. The summed E-state index contributed by atoms with van der Waals surface area (Å²) in [4.78, 5) is 11.8. The molecule has 0 bridgehead atoms. The highest BCUT2D eigenvalue weighted by atomic mass is 35.5. The van der Waals surface area contributed by atoms with E-state index in [1.807, 2.05) is 0 Å². The first kappa shape index (κ1) is 14.8. The van der Waals surface area contributed by atoms with Gasteiger partial charge in [-0.25, -0.2) is 4.39 Å². The van der Waals surface area contributed by atoms with Gasteiger partial charge in [0.1, 0.15) is 5.82 Å². The molecule has 0 spiro atoms. The molecule has 1 N–H and O–H groups in total. The third kappa shape index (κ3) is 4.22. The third-order valence-electron chi connectivity index (χ3n) is 2.77. The molecular weight excluding hydrogens is 300 g/mol. The number of nitrogens with one attached hydrogen (secondary N) is 1. The van der Waals surface area contributed by atoms with Crippen LogP contribution in [0.3, 0.4) is 0 Å². The molecule has 2 aromatic rings. The number of hydrogen-bond acceptors (Lipinski definition) is 1. The largest absolute Gasteiger partial charge is 0.352 e. The summed E-state index contributed by atoms with van der Waals surface area (Å²) in [6.07, 6.45) is 0.200. The molecule has 0 radical (unpaired) electrons. The average molecular weight is 312 g/mol. The lowest BCUT2D eigenvalue weighted by molar-refractivity contribution is -0.120. The second kappa shape index (κ2) is 6.73. The van der Waals surface area contributed by atoms with Crippen LogP contribution in [0.25, 0.3) is 0 Å². The molecule has 2 aromatic carbocycles. The van der Waals surface area contributed by atoms with Crippen molar-refractivity contribution in [1.82, 2.24) is 5.32 Å². The fourth-order valence-corrected chi connectivity index (χ4v) is 2.18. The monoisotopic (exact) mass is 311 g/mol. The van der Waals surface area contributed by atoms with E-state index in [4.69, 9.17) is 23.2 Å². The van der Waals surface area contributed by atoms with Gasteiger partial charge in [-0.15, -0.1) is 0 Å². The van der Waals surface area contributed by atoms with Crippen LogP contribution in [-0.2, 0) is 17.8 Å². The smallest absolute Gasteiger partial charge is 0.224 e. The minimum absolute atomic E-state index is 0.150. The molecule has 0 saturated carbocycles. The maximum Gasteiger partial charge on any atom is 0.224 e. The Morgan fingerprint density at radius 3 is 2.45 bits per heavy atom. The Morgan fingerprint density at radius 1 is 1.10 bits per heavy atom. The summed E-state index contributed by atoms with van der Waals surface area (Å²) in [6, 6.07) is 11.0. The SMILES string of the molecule is O=C(Cc1ccc(F)cc1)NCc1ccc(Cl)cc1Cl. The van der Waals surface area contributed by atoms with E-state index in [0.29, 0.717) is 16.6 Å². The van der Waals surface area contributed by atoms with Crippen LogP contribution in [-0.4, -0.2) is 5.91 Å². The van der Waals surface area contributed by atoms with Crippen LogP contribution in [0.5, 0.6) is 0 Å². The number of carbonyl (C=O) groups excluding carboxylic acids is 1. The van der Waals surface area contributed by atoms with Crippen molar-refractivity contribution in [2.24, 2.45) is 0 Å². The van der Waals surface area contributed by atoms with Gasteiger partial charge in [0.15, 0.2) is 0 Å². The van der Waals surface area contributed by atoms with E-state index in [-0.39, 0.29) is 18.1 Å². The van der Waals surface area contributed by atoms with Gasteiger partial charge in [0.05, 0.1) is 6.42 Å². The quantitative estimate of drug-likeness (QED) is 0.908. The molecule has 0 atom stereocenters. The van der Waals surface area contributed by atoms with Crippen molar-refractivity contribution in [3.05, 3.63) is 69.5 Å². The van der Waals surface area contributed by atoms with Gasteiger partial charge in [-0.3, -0.25) is 4.79 Å². The van der Waals surface area contributed by atoms with E-state index in [1.165, 1.54) is 12.1 Å². The molecule has 0 aliphatic carbocycles. The van der Waals surface area contributed by atoms with Gasteiger partial charge in [0, 0.05) is 16.6 Å². The molecule has 0 fully saturated rings. The first-order valence-corrected chi connectivity index (χ1v) is 6.75. The minimum Gasteiger partial charge on any atom is -0.352 e. The minimum atomic E-state index is -0.317. The molecule has 2 nitrogen and oxygen atoms in total. The lowest BCUT2D eigenvalue weighted by Gasteiger charge is -2.07. The van der Waals surface area contributed by atoms with Crippen molar-refractivity contribution in [1.29, 1.82) is 0 Å². The number of amides is 1. The highest BCUT2D eigenvalue weighted by molar-refractivity contribution is 6.35. The van der Waals surface area contributed by atoms with E-state index in [0.717, 1.165) is 11.1 Å². The van der Waals surface area contributed by atoms with Crippen LogP contribution < -0.4 is 5.32 Å². The van der Waals surface area contributed by atoms with Crippen LogP contribution in [0.2, 0.25) is 10.0 Å². The molecule has 2 rings (SSSR count). The van der Waals surface area contributed by atoms with Crippen molar-refractivity contribution in [2.75, 3.05) is 0 Å². The molecule has 0 saturated heterocycles.